The predicted octanol–water partition coefficient (Wildman–Crippen LogP) is 1.97. The number of Topliss-reactive ketones (excluding diaryl/α,β-unsaturated/α-hetero) is 1. The number of carbonyl (C=O) groups excluding carboxylic acids is 3. The summed E-state index contributed by atoms with van der Waals surface area (Å²) in [4.78, 5) is 43.6. The molecule has 2 amide bonds. The van der Waals surface area contributed by atoms with Crippen molar-refractivity contribution < 1.29 is 18.8 Å². The summed E-state index contributed by atoms with van der Waals surface area (Å²) in [5, 5.41) is 0. The second-order valence-corrected chi connectivity index (χ2v) is 6.94. The van der Waals surface area contributed by atoms with Crippen molar-refractivity contribution in [1.82, 2.24) is 9.88 Å². The second-order valence-electron chi connectivity index (χ2n) is 6.94. The molecule has 0 unspecified atom stereocenters. The Morgan fingerprint density at radius 2 is 2.08 bits per heavy atom. The summed E-state index contributed by atoms with van der Waals surface area (Å²) in [5.74, 6) is 0.171. The van der Waals surface area contributed by atoms with Gasteiger partial charge in [-0.2, -0.15) is 0 Å². The largest absolute Gasteiger partial charge is 0.428 e. The number of nitrogens with zero attached hydrogens (tertiary/aromatic N) is 3. The maximum Gasteiger partial charge on any atom is 0.304 e. The molecule has 2 rings (SSSR count). The van der Waals surface area contributed by atoms with Crippen molar-refractivity contribution in [3.63, 3.8) is 0 Å². The lowest BCUT2D eigenvalue weighted by Crippen LogP contribution is -2.64. The van der Waals surface area contributed by atoms with E-state index in [2.05, 4.69) is 11.6 Å². The quantitative estimate of drug-likeness (QED) is 0.735. The van der Waals surface area contributed by atoms with Gasteiger partial charge >= 0.3 is 6.01 Å². The summed E-state index contributed by atoms with van der Waals surface area (Å²) in [7, 11) is 0. The third-order valence-corrected chi connectivity index (χ3v) is 4.47. The minimum absolute atomic E-state index is 0.0137. The molecule has 0 aromatic carbocycles. The fourth-order valence-corrected chi connectivity index (χ4v) is 2.78. The van der Waals surface area contributed by atoms with Gasteiger partial charge in [0, 0.05) is 31.8 Å². The molecule has 2 heterocycles. The van der Waals surface area contributed by atoms with E-state index >= 15 is 0 Å². The van der Waals surface area contributed by atoms with Crippen molar-refractivity contribution in [2.24, 2.45) is 5.92 Å². The van der Waals surface area contributed by atoms with Crippen LogP contribution in [0.4, 0.5) is 6.01 Å². The Morgan fingerprint density at radius 1 is 1.40 bits per heavy atom. The van der Waals surface area contributed by atoms with Crippen molar-refractivity contribution in [3.8, 4) is 0 Å². The molecule has 7 nitrogen and oxygen atoms in total. The van der Waals surface area contributed by atoms with E-state index in [1.54, 1.807) is 20.0 Å². The van der Waals surface area contributed by atoms with Gasteiger partial charge in [-0.05, 0) is 19.9 Å². The molecule has 25 heavy (non-hydrogen) atoms. The van der Waals surface area contributed by atoms with Gasteiger partial charge in [0.1, 0.15) is 17.1 Å². The van der Waals surface area contributed by atoms with E-state index in [1.807, 2.05) is 13.8 Å². The highest BCUT2D eigenvalue weighted by Crippen LogP contribution is 2.27. The standard InChI is InChI=1S/C18H25N3O4/c1-6-15(23)21-10-9-20(16(24)18(21,4)5)17-19-11-13(25-17)7-8-14(22)12(2)3/h6,11-12H,1,7-10H2,2-5H3. The summed E-state index contributed by atoms with van der Waals surface area (Å²) >= 11 is 0. The fraction of sp³-hybridized carbons (Fsp3) is 0.556. The van der Waals surface area contributed by atoms with Crippen LogP contribution in [0.3, 0.4) is 0 Å². The zero-order chi connectivity index (χ0) is 18.8. The number of anilines is 1. The molecular weight excluding hydrogens is 322 g/mol. The molecule has 136 valence electrons. The number of ketones is 1. The van der Waals surface area contributed by atoms with Crippen LogP contribution < -0.4 is 4.90 Å². The molecular formula is C18H25N3O4. The summed E-state index contributed by atoms with van der Waals surface area (Å²) in [5.41, 5.74) is -1.01. The molecule has 0 aliphatic carbocycles. The first-order chi connectivity index (χ1) is 11.7. The SMILES string of the molecule is C=CC(=O)N1CCN(c2ncc(CCC(=O)C(C)C)o2)C(=O)C1(C)C. The van der Waals surface area contributed by atoms with Crippen LogP contribution in [0, 0.1) is 5.92 Å². The lowest BCUT2D eigenvalue weighted by atomic mass is 9.97. The number of hydrogen-bond donors (Lipinski definition) is 0. The van der Waals surface area contributed by atoms with Gasteiger partial charge in [0.2, 0.25) is 5.91 Å². The molecule has 0 bridgehead atoms. The van der Waals surface area contributed by atoms with Crippen LogP contribution in [0.2, 0.25) is 0 Å². The first kappa shape index (κ1) is 18.9. The molecule has 1 aliphatic rings. The molecule has 0 N–H and O–H groups in total. The van der Waals surface area contributed by atoms with Crippen molar-refractivity contribution >= 4 is 23.6 Å². The molecule has 7 heteroatoms. The summed E-state index contributed by atoms with van der Waals surface area (Å²) < 4.78 is 5.66. The lowest BCUT2D eigenvalue weighted by molar-refractivity contribution is -0.143. The third-order valence-electron chi connectivity index (χ3n) is 4.47. The molecule has 1 aromatic heterocycles. The van der Waals surface area contributed by atoms with Gasteiger partial charge < -0.3 is 9.32 Å². The van der Waals surface area contributed by atoms with Crippen molar-refractivity contribution in [2.45, 2.75) is 46.1 Å². The van der Waals surface area contributed by atoms with Crippen LogP contribution in [0.5, 0.6) is 0 Å². The number of aromatic nitrogens is 1. The molecule has 1 saturated heterocycles. The first-order valence-corrected chi connectivity index (χ1v) is 8.42. The van der Waals surface area contributed by atoms with Crippen LogP contribution in [0.1, 0.15) is 39.9 Å². The first-order valence-electron chi connectivity index (χ1n) is 8.42. The Bertz CT molecular complexity index is 690. The minimum Gasteiger partial charge on any atom is -0.428 e. The molecule has 0 spiro atoms. The number of aryl methyl sites for hydroxylation is 1. The lowest BCUT2D eigenvalue weighted by Gasteiger charge is -2.44. The highest BCUT2D eigenvalue weighted by atomic mass is 16.4. The summed E-state index contributed by atoms with van der Waals surface area (Å²) in [6, 6.07) is 0.204. The van der Waals surface area contributed by atoms with Crippen LogP contribution in [-0.2, 0) is 20.8 Å². The smallest absolute Gasteiger partial charge is 0.304 e. The Balaban J connectivity index is 2.10. The highest BCUT2D eigenvalue weighted by Gasteiger charge is 2.45. The third kappa shape index (κ3) is 3.81. The summed E-state index contributed by atoms with van der Waals surface area (Å²) in [6.45, 7) is 11.2. The van der Waals surface area contributed by atoms with E-state index < -0.39 is 5.54 Å². The van der Waals surface area contributed by atoms with E-state index in [0.717, 1.165) is 0 Å². The average molecular weight is 347 g/mol. The van der Waals surface area contributed by atoms with E-state index in [-0.39, 0.29) is 29.5 Å². The van der Waals surface area contributed by atoms with Gasteiger partial charge in [-0.3, -0.25) is 19.3 Å². The monoisotopic (exact) mass is 347 g/mol. The molecule has 0 radical (unpaired) electrons. The van der Waals surface area contributed by atoms with Gasteiger partial charge in [0.25, 0.3) is 5.91 Å². The van der Waals surface area contributed by atoms with Crippen molar-refractivity contribution in [3.05, 3.63) is 24.6 Å². The van der Waals surface area contributed by atoms with Crippen molar-refractivity contribution in [2.75, 3.05) is 18.0 Å². The van der Waals surface area contributed by atoms with Gasteiger partial charge in [0.15, 0.2) is 0 Å². The normalized spacial score (nSPS) is 17.1. The minimum atomic E-state index is -1.01. The average Bonchev–Trinajstić information content (AvgIpc) is 3.02. The Labute approximate surface area is 147 Å². The maximum absolute atomic E-state index is 12.8. The number of oxazole rings is 1. The number of carbonyl (C=O) groups is 3. The predicted molar refractivity (Wildman–Crippen MR) is 93.0 cm³/mol. The molecule has 1 aliphatic heterocycles. The van der Waals surface area contributed by atoms with Gasteiger partial charge in [-0.25, -0.2) is 4.98 Å². The number of rotatable bonds is 6. The van der Waals surface area contributed by atoms with E-state index in [0.29, 0.717) is 31.7 Å². The van der Waals surface area contributed by atoms with E-state index in [1.165, 1.54) is 15.9 Å². The van der Waals surface area contributed by atoms with E-state index in [4.69, 9.17) is 4.42 Å². The zero-order valence-corrected chi connectivity index (χ0v) is 15.2. The van der Waals surface area contributed by atoms with E-state index in [9.17, 15) is 14.4 Å². The second kappa shape index (κ2) is 7.21. The number of hydrogen-bond acceptors (Lipinski definition) is 5. The molecule has 0 atom stereocenters. The van der Waals surface area contributed by atoms with Crippen molar-refractivity contribution in [1.29, 1.82) is 0 Å². The maximum atomic E-state index is 12.8. The Hall–Kier alpha value is -2.44. The van der Waals surface area contributed by atoms with Crippen LogP contribution in [-0.4, -0.2) is 46.1 Å². The van der Waals surface area contributed by atoms with Crippen LogP contribution in [0.15, 0.2) is 23.3 Å². The molecule has 1 aromatic rings. The Kier molecular flexibility index (Phi) is 5.45. The molecule has 0 saturated carbocycles. The topological polar surface area (TPSA) is 83.7 Å². The fourth-order valence-electron chi connectivity index (χ4n) is 2.78. The zero-order valence-electron chi connectivity index (χ0n) is 15.2. The van der Waals surface area contributed by atoms with Crippen LogP contribution in [0.25, 0.3) is 0 Å². The van der Waals surface area contributed by atoms with Gasteiger partial charge in [0.05, 0.1) is 6.20 Å². The number of piperazine rings is 1. The van der Waals surface area contributed by atoms with Gasteiger partial charge in [-0.15, -0.1) is 0 Å². The summed E-state index contributed by atoms with van der Waals surface area (Å²) in [6.07, 6.45) is 3.59. The highest BCUT2D eigenvalue weighted by molar-refractivity contribution is 6.03. The van der Waals surface area contributed by atoms with Crippen LogP contribution >= 0.6 is 0 Å². The number of amides is 2. The van der Waals surface area contributed by atoms with Gasteiger partial charge in [-0.1, -0.05) is 20.4 Å². The molecule has 1 fully saturated rings. The Morgan fingerprint density at radius 3 is 2.68 bits per heavy atom.